The van der Waals surface area contributed by atoms with Crippen LogP contribution in [0.1, 0.15) is 19.3 Å². The number of hydrogen-bond donors (Lipinski definition) is 1. The molecule has 0 spiro atoms. The highest BCUT2D eigenvalue weighted by atomic mass is 16.5. The van der Waals surface area contributed by atoms with Crippen molar-refractivity contribution in [1.82, 2.24) is 4.90 Å². The van der Waals surface area contributed by atoms with Crippen molar-refractivity contribution in [3.8, 4) is 0 Å². The molecule has 0 aromatic heterocycles. The van der Waals surface area contributed by atoms with E-state index in [2.05, 4.69) is 0 Å². The molecule has 1 N–H and O–H groups in total. The Labute approximate surface area is 111 Å². The number of carboxylic acid groups (broad SMARTS) is 1. The van der Waals surface area contributed by atoms with Gasteiger partial charge in [0, 0.05) is 20.1 Å². The molecule has 2 aliphatic rings. The first kappa shape index (κ1) is 13.7. The third-order valence-electron chi connectivity index (χ3n) is 3.73. The molecule has 1 aliphatic carbocycles. The fourth-order valence-electron chi connectivity index (χ4n) is 2.73. The molecule has 6 heteroatoms. The Balaban J connectivity index is 2.21. The van der Waals surface area contributed by atoms with Gasteiger partial charge in [-0.05, 0) is 12.8 Å². The monoisotopic (exact) mass is 267 g/mol. The Kier molecular flexibility index (Phi) is 3.99. The van der Waals surface area contributed by atoms with E-state index in [1.54, 1.807) is 0 Å². The minimum Gasteiger partial charge on any atom is -0.480 e. The lowest BCUT2D eigenvalue weighted by molar-refractivity contribution is -0.155. The second kappa shape index (κ2) is 5.52. The second-order valence-corrected chi connectivity index (χ2v) is 4.84. The zero-order chi connectivity index (χ0) is 14.0. The van der Waals surface area contributed by atoms with E-state index >= 15 is 0 Å². The maximum atomic E-state index is 12.2. The van der Waals surface area contributed by atoms with E-state index < -0.39 is 12.0 Å². The number of ether oxygens (including phenoxy) is 1. The molecule has 2 rings (SSSR count). The number of carbonyl (C=O) groups excluding carboxylic acids is 2. The highest BCUT2D eigenvalue weighted by molar-refractivity contribution is 6.07. The molecular weight excluding hydrogens is 250 g/mol. The number of methoxy groups -OCH3 is 1. The Morgan fingerprint density at radius 2 is 1.89 bits per heavy atom. The number of allylic oxidation sites excluding steroid dienone is 2. The number of carboxylic acids is 1. The first-order valence-electron chi connectivity index (χ1n) is 6.31. The predicted molar refractivity (Wildman–Crippen MR) is 65.1 cm³/mol. The zero-order valence-corrected chi connectivity index (χ0v) is 10.7. The van der Waals surface area contributed by atoms with Gasteiger partial charge in [0.05, 0.1) is 11.8 Å². The molecule has 0 bridgehead atoms. The van der Waals surface area contributed by atoms with Crippen LogP contribution >= 0.6 is 0 Å². The van der Waals surface area contributed by atoms with Gasteiger partial charge in [0.2, 0.25) is 11.8 Å². The lowest BCUT2D eigenvalue weighted by atomic mass is 9.85. The van der Waals surface area contributed by atoms with Crippen molar-refractivity contribution in [2.24, 2.45) is 11.8 Å². The SMILES string of the molecule is COCCC(C(=O)O)N1C(=O)C2CC=CCC2C1=O. The summed E-state index contributed by atoms with van der Waals surface area (Å²) in [7, 11) is 1.45. The quantitative estimate of drug-likeness (QED) is 0.576. The maximum Gasteiger partial charge on any atom is 0.327 e. The van der Waals surface area contributed by atoms with Gasteiger partial charge in [-0.1, -0.05) is 12.2 Å². The zero-order valence-electron chi connectivity index (χ0n) is 10.7. The van der Waals surface area contributed by atoms with Crippen LogP contribution in [0.25, 0.3) is 0 Å². The van der Waals surface area contributed by atoms with Crippen molar-refractivity contribution in [3.63, 3.8) is 0 Å². The van der Waals surface area contributed by atoms with Gasteiger partial charge in [-0.2, -0.15) is 0 Å². The summed E-state index contributed by atoms with van der Waals surface area (Å²) < 4.78 is 4.85. The summed E-state index contributed by atoms with van der Waals surface area (Å²) in [5.41, 5.74) is 0. The molecular formula is C13H17NO5. The predicted octanol–water partition coefficient (Wildman–Crippen LogP) is 0.427. The molecule has 1 fully saturated rings. The van der Waals surface area contributed by atoms with E-state index in [1.807, 2.05) is 12.2 Å². The van der Waals surface area contributed by atoms with Crippen LogP contribution < -0.4 is 0 Å². The van der Waals surface area contributed by atoms with Crippen molar-refractivity contribution >= 4 is 17.8 Å². The molecule has 0 saturated carbocycles. The van der Waals surface area contributed by atoms with E-state index in [4.69, 9.17) is 4.74 Å². The average molecular weight is 267 g/mol. The number of hydrogen-bond acceptors (Lipinski definition) is 4. The maximum absolute atomic E-state index is 12.2. The van der Waals surface area contributed by atoms with Crippen LogP contribution in [0.4, 0.5) is 0 Å². The highest BCUT2D eigenvalue weighted by Crippen LogP contribution is 2.36. The second-order valence-electron chi connectivity index (χ2n) is 4.84. The van der Waals surface area contributed by atoms with Crippen LogP contribution in [0.3, 0.4) is 0 Å². The molecule has 0 aromatic carbocycles. The summed E-state index contributed by atoms with van der Waals surface area (Å²) in [5, 5.41) is 9.21. The van der Waals surface area contributed by atoms with Crippen molar-refractivity contribution < 1.29 is 24.2 Å². The normalized spacial score (nSPS) is 27.5. The first-order valence-corrected chi connectivity index (χ1v) is 6.31. The van der Waals surface area contributed by atoms with Gasteiger partial charge >= 0.3 is 5.97 Å². The molecule has 3 unspecified atom stereocenters. The topological polar surface area (TPSA) is 83.9 Å². The van der Waals surface area contributed by atoms with E-state index in [0.717, 1.165) is 4.90 Å². The number of nitrogens with zero attached hydrogens (tertiary/aromatic N) is 1. The van der Waals surface area contributed by atoms with E-state index in [-0.39, 0.29) is 36.7 Å². The lowest BCUT2D eigenvalue weighted by Crippen LogP contribution is -2.46. The Hall–Kier alpha value is -1.69. The number of aliphatic carboxylic acids is 1. The van der Waals surface area contributed by atoms with Crippen LogP contribution in [0.5, 0.6) is 0 Å². The Morgan fingerprint density at radius 3 is 2.32 bits per heavy atom. The van der Waals surface area contributed by atoms with Gasteiger partial charge < -0.3 is 9.84 Å². The third kappa shape index (κ3) is 2.40. The summed E-state index contributed by atoms with van der Waals surface area (Å²) in [6.07, 6.45) is 4.91. The molecule has 0 radical (unpaired) electrons. The average Bonchev–Trinajstić information content (AvgIpc) is 2.64. The van der Waals surface area contributed by atoms with Gasteiger partial charge in [0.1, 0.15) is 6.04 Å². The number of likely N-dealkylation sites (tertiary alicyclic amines) is 1. The molecule has 19 heavy (non-hydrogen) atoms. The Bertz CT molecular complexity index is 405. The lowest BCUT2D eigenvalue weighted by Gasteiger charge is -2.22. The van der Waals surface area contributed by atoms with Gasteiger partial charge in [0.15, 0.2) is 0 Å². The molecule has 6 nitrogen and oxygen atoms in total. The summed E-state index contributed by atoms with van der Waals surface area (Å²) in [6, 6.07) is -1.12. The van der Waals surface area contributed by atoms with Gasteiger partial charge in [0.25, 0.3) is 0 Å². The fraction of sp³-hybridized carbons (Fsp3) is 0.615. The van der Waals surface area contributed by atoms with Crippen LogP contribution in [0.15, 0.2) is 12.2 Å². The van der Waals surface area contributed by atoms with E-state index in [0.29, 0.717) is 12.8 Å². The highest BCUT2D eigenvalue weighted by Gasteiger charge is 2.51. The summed E-state index contributed by atoms with van der Waals surface area (Å²) >= 11 is 0. The molecule has 1 saturated heterocycles. The molecule has 3 atom stereocenters. The van der Waals surface area contributed by atoms with Gasteiger partial charge in [-0.15, -0.1) is 0 Å². The molecule has 1 aliphatic heterocycles. The molecule has 104 valence electrons. The van der Waals surface area contributed by atoms with Crippen LogP contribution in [-0.4, -0.2) is 47.5 Å². The smallest absolute Gasteiger partial charge is 0.327 e. The number of carbonyl (C=O) groups is 3. The third-order valence-corrected chi connectivity index (χ3v) is 3.73. The van der Waals surface area contributed by atoms with Crippen molar-refractivity contribution in [1.29, 1.82) is 0 Å². The molecule has 2 amide bonds. The van der Waals surface area contributed by atoms with Crippen LogP contribution in [0.2, 0.25) is 0 Å². The van der Waals surface area contributed by atoms with E-state index in [9.17, 15) is 19.5 Å². The summed E-state index contributed by atoms with van der Waals surface area (Å²) in [4.78, 5) is 36.7. The summed E-state index contributed by atoms with van der Waals surface area (Å²) in [5.74, 6) is -2.65. The van der Waals surface area contributed by atoms with Gasteiger partial charge in [-0.25, -0.2) is 4.79 Å². The standard InChI is InChI=1S/C13H17NO5/c1-19-7-6-10(13(17)18)14-11(15)8-4-2-3-5-9(8)12(14)16/h2-3,8-10H,4-7H2,1H3,(H,17,18). The first-order chi connectivity index (χ1) is 9.07. The Morgan fingerprint density at radius 1 is 1.37 bits per heavy atom. The minimum atomic E-state index is -1.16. The minimum absolute atomic E-state index is 0.121. The van der Waals surface area contributed by atoms with Crippen molar-refractivity contribution in [3.05, 3.63) is 12.2 Å². The van der Waals surface area contributed by atoms with Gasteiger partial charge in [-0.3, -0.25) is 14.5 Å². The molecule has 1 heterocycles. The number of fused-ring (bicyclic) bond motifs is 1. The molecule has 0 aromatic rings. The number of amides is 2. The van der Waals surface area contributed by atoms with E-state index in [1.165, 1.54) is 7.11 Å². The number of imide groups is 1. The fourth-order valence-corrected chi connectivity index (χ4v) is 2.73. The number of rotatable bonds is 5. The van der Waals surface area contributed by atoms with Crippen molar-refractivity contribution in [2.75, 3.05) is 13.7 Å². The van der Waals surface area contributed by atoms with Crippen LogP contribution in [-0.2, 0) is 19.1 Å². The van der Waals surface area contributed by atoms with Crippen LogP contribution in [0, 0.1) is 11.8 Å². The summed E-state index contributed by atoms with van der Waals surface area (Å²) in [6.45, 7) is 0.196. The van der Waals surface area contributed by atoms with Crippen molar-refractivity contribution in [2.45, 2.75) is 25.3 Å². The largest absolute Gasteiger partial charge is 0.480 e.